The molecule has 0 saturated carbocycles. The summed E-state index contributed by atoms with van der Waals surface area (Å²) < 4.78 is 3.85. The molecule has 0 aliphatic rings. The standard InChI is InChI=1S/C13H15N5/c1-17-8-10(7-15-17)13-16-11-4-3-9(6-14)5-12(11)18(13)2/h3-5,7-8H,6,14H2,1-2H3. The third-order valence-electron chi connectivity index (χ3n) is 3.14. The fourth-order valence-corrected chi connectivity index (χ4v) is 2.16. The summed E-state index contributed by atoms with van der Waals surface area (Å²) in [5.41, 5.74) is 9.88. The zero-order chi connectivity index (χ0) is 12.7. The minimum atomic E-state index is 0.545. The highest BCUT2D eigenvalue weighted by molar-refractivity contribution is 5.81. The van der Waals surface area contributed by atoms with Gasteiger partial charge in [0.05, 0.1) is 22.8 Å². The first kappa shape index (κ1) is 11.0. The van der Waals surface area contributed by atoms with E-state index in [0.29, 0.717) is 6.54 Å². The van der Waals surface area contributed by atoms with Gasteiger partial charge in [-0.25, -0.2) is 4.98 Å². The van der Waals surface area contributed by atoms with Gasteiger partial charge in [-0.05, 0) is 17.7 Å². The highest BCUT2D eigenvalue weighted by atomic mass is 15.2. The first-order valence-electron chi connectivity index (χ1n) is 5.83. The lowest BCUT2D eigenvalue weighted by Gasteiger charge is -2.00. The summed E-state index contributed by atoms with van der Waals surface area (Å²) in [6, 6.07) is 6.11. The zero-order valence-electron chi connectivity index (χ0n) is 10.5. The fraction of sp³-hybridized carbons (Fsp3) is 0.231. The number of fused-ring (bicyclic) bond motifs is 1. The van der Waals surface area contributed by atoms with Gasteiger partial charge in [0, 0.05) is 26.8 Å². The molecule has 0 fully saturated rings. The Morgan fingerprint density at radius 2 is 2.11 bits per heavy atom. The Morgan fingerprint density at radius 3 is 2.78 bits per heavy atom. The van der Waals surface area contributed by atoms with Gasteiger partial charge in [0.25, 0.3) is 0 Å². The maximum atomic E-state index is 5.67. The Bertz CT molecular complexity index is 707. The lowest BCUT2D eigenvalue weighted by Crippen LogP contribution is -1.96. The van der Waals surface area contributed by atoms with E-state index >= 15 is 0 Å². The quantitative estimate of drug-likeness (QED) is 0.738. The van der Waals surface area contributed by atoms with E-state index in [1.807, 2.05) is 38.6 Å². The Kier molecular flexibility index (Phi) is 2.41. The van der Waals surface area contributed by atoms with Gasteiger partial charge in [-0.3, -0.25) is 4.68 Å². The third kappa shape index (κ3) is 1.60. The molecule has 3 aromatic rings. The number of hydrogen-bond acceptors (Lipinski definition) is 3. The van der Waals surface area contributed by atoms with Gasteiger partial charge >= 0.3 is 0 Å². The van der Waals surface area contributed by atoms with Crippen LogP contribution in [0.15, 0.2) is 30.6 Å². The van der Waals surface area contributed by atoms with Crippen molar-refractivity contribution >= 4 is 11.0 Å². The Hall–Kier alpha value is -2.14. The van der Waals surface area contributed by atoms with Crippen molar-refractivity contribution in [1.82, 2.24) is 19.3 Å². The van der Waals surface area contributed by atoms with Crippen molar-refractivity contribution in [3.05, 3.63) is 36.2 Å². The molecule has 0 aliphatic heterocycles. The van der Waals surface area contributed by atoms with Crippen LogP contribution in [-0.2, 0) is 20.6 Å². The van der Waals surface area contributed by atoms with Gasteiger partial charge < -0.3 is 10.3 Å². The van der Waals surface area contributed by atoms with E-state index in [2.05, 4.69) is 20.7 Å². The normalized spacial score (nSPS) is 11.3. The van der Waals surface area contributed by atoms with E-state index in [9.17, 15) is 0 Å². The molecule has 0 atom stereocenters. The highest BCUT2D eigenvalue weighted by Crippen LogP contribution is 2.23. The van der Waals surface area contributed by atoms with E-state index in [4.69, 9.17) is 5.73 Å². The van der Waals surface area contributed by atoms with Crippen LogP contribution in [0, 0.1) is 0 Å². The Labute approximate surface area is 105 Å². The second-order valence-electron chi connectivity index (χ2n) is 4.42. The van der Waals surface area contributed by atoms with Crippen molar-refractivity contribution < 1.29 is 0 Å². The molecule has 2 N–H and O–H groups in total. The minimum Gasteiger partial charge on any atom is -0.327 e. The molecule has 0 bridgehead atoms. The van der Waals surface area contributed by atoms with Crippen LogP contribution in [0.25, 0.3) is 22.4 Å². The second-order valence-corrected chi connectivity index (χ2v) is 4.42. The molecule has 0 spiro atoms. The molecule has 18 heavy (non-hydrogen) atoms. The van der Waals surface area contributed by atoms with Crippen LogP contribution in [0.1, 0.15) is 5.56 Å². The van der Waals surface area contributed by atoms with Crippen LogP contribution in [0.4, 0.5) is 0 Å². The Balaban J connectivity index is 2.22. The summed E-state index contributed by atoms with van der Waals surface area (Å²) in [7, 11) is 3.91. The van der Waals surface area contributed by atoms with E-state index in [0.717, 1.165) is 28.0 Å². The van der Waals surface area contributed by atoms with E-state index in [1.54, 1.807) is 4.68 Å². The maximum Gasteiger partial charge on any atom is 0.144 e. The van der Waals surface area contributed by atoms with Crippen molar-refractivity contribution in [2.75, 3.05) is 0 Å². The van der Waals surface area contributed by atoms with E-state index in [-0.39, 0.29) is 0 Å². The monoisotopic (exact) mass is 241 g/mol. The van der Waals surface area contributed by atoms with Gasteiger partial charge in [0.2, 0.25) is 0 Å². The van der Waals surface area contributed by atoms with Gasteiger partial charge in [-0.15, -0.1) is 0 Å². The lowest BCUT2D eigenvalue weighted by molar-refractivity contribution is 0.768. The van der Waals surface area contributed by atoms with Crippen molar-refractivity contribution in [1.29, 1.82) is 0 Å². The minimum absolute atomic E-state index is 0.545. The van der Waals surface area contributed by atoms with Crippen LogP contribution >= 0.6 is 0 Å². The van der Waals surface area contributed by atoms with Gasteiger partial charge in [-0.1, -0.05) is 6.07 Å². The summed E-state index contributed by atoms with van der Waals surface area (Å²) >= 11 is 0. The first-order chi connectivity index (χ1) is 8.69. The number of aryl methyl sites for hydroxylation is 2. The van der Waals surface area contributed by atoms with Crippen molar-refractivity contribution in [3.8, 4) is 11.4 Å². The molecule has 1 aromatic carbocycles. The van der Waals surface area contributed by atoms with Crippen LogP contribution < -0.4 is 5.73 Å². The van der Waals surface area contributed by atoms with Gasteiger partial charge in [0.15, 0.2) is 0 Å². The van der Waals surface area contributed by atoms with Crippen LogP contribution in [0.5, 0.6) is 0 Å². The predicted molar refractivity (Wildman–Crippen MR) is 70.8 cm³/mol. The molecule has 2 heterocycles. The average Bonchev–Trinajstić information content (AvgIpc) is 2.94. The highest BCUT2D eigenvalue weighted by Gasteiger charge is 2.11. The van der Waals surface area contributed by atoms with Crippen molar-refractivity contribution in [3.63, 3.8) is 0 Å². The summed E-state index contributed by atoms with van der Waals surface area (Å²) in [5, 5.41) is 4.18. The summed E-state index contributed by atoms with van der Waals surface area (Å²) in [4.78, 5) is 4.64. The summed E-state index contributed by atoms with van der Waals surface area (Å²) in [5.74, 6) is 0.923. The molecular formula is C13H15N5. The molecule has 0 amide bonds. The SMILES string of the molecule is Cn1cc(-c2nc3ccc(CN)cc3n2C)cn1. The molecule has 5 nitrogen and oxygen atoms in total. The first-order valence-corrected chi connectivity index (χ1v) is 5.83. The molecule has 2 aromatic heterocycles. The molecule has 0 radical (unpaired) electrons. The molecular weight excluding hydrogens is 226 g/mol. The maximum absolute atomic E-state index is 5.67. The molecule has 0 unspecified atom stereocenters. The average molecular weight is 241 g/mol. The lowest BCUT2D eigenvalue weighted by atomic mass is 10.2. The molecule has 0 saturated heterocycles. The van der Waals surface area contributed by atoms with Crippen molar-refractivity contribution in [2.24, 2.45) is 19.8 Å². The number of rotatable bonds is 2. The fourth-order valence-electron chi connectivity index (χ4n) is 2.16. The van der Waals surface area contributed by atoms with Crippen LogP contribution in [0.2, 0.25) is 0 Å². The third-order valence-corrected chi connectivity index (χ3v) is 3.14. The Morgan fingerprint density at radius 1 is 1.28 bits per heavy atom. The number of nitrogens with zero attached hydrogens (tertiary/aromatic N) is 4. The topological polar surface area (TPSA) is 61.7 Å². The molecule has 3 rings (SSSR count). The number of nitrogens with two attached hydrogens (primary N) is 1. The number of hydrogen-bond donors (Lipinski definition) is 1. The zero-order valence-corrected chi connectivity index (χ0v) is 10.5. The molecule has 5 heteroatoms. The van der Waals surface area contributed by atoms with E-state index < -0.39 is 0 Å². The van der Waals surface area contributed by atoms with Gasteiger partial charge in [0.1, 0.15) is 5.82 Å². The number of imidazole rings is 1. The van der Waals surface area contributed by atoms with Crippen LogP contribution in [0.3, 0.4) is 0 Å². The molecule has 92 valence electrons. The second kappa shape index (κ2) is 3.96. The largest absolute Gasteiger partial charge is 0.327 e. The number of benzene rings is 1. The summed E-state index contributed by atoms with van der Waals surface area (Å²) in [6.45, 7) is 0.545. The molecule has 0 aliphatic carbocycles. The van der Waals surface area contributed by atoms with Crippen LogP contribution in [-0.4, -0.2) is 19.3 Å². The predicted octanol–water partition coefficient (Wildman–Crippen LogP) is 1.43. The smallest absolute Gasteiger partial charge is 0.144 e. The van der Waals surface area contributed by atoms with Gasteiger partial charge in [-0.2, -0.15) is 5.10 Å². The van der Waals surface area contributed by atoms with Crippen molar-refractivity contribution in [2.45, 2.75) is 6.54 Å². The number of aromatic nitrogens is 4. The van der Waals surface area contributed by atoms with E-state index in [1.165, 1.54) is 0 Å². The summed E-state index contributed by atoms with van der Waals surface area (Å²) in [6.07, 6.45) is 3.79.